The molecular weight excluding hydrogens is 193 g/mol. The number of anilines is 1. The zero-order valence-corrected chi connectivity index (χ0v) is 8.83. The molecule has 0 saturated carbocycles. The van der Waals surface area contributed by atoms with Gasteiger partial charge < -0.3 is 11.1 Å². The van der Waals surface area contributed by atoms with E-state index in [9.17, 15) is 4.39 Å². The summed E-state index contributed by atoms with van der Waals surface area (Å²) in [7, 11) is 0. The number of rotatable bonds is 4. The van der Waals surface area contributed by atoms with E-state index in [-0.39, 0.29) is 5.82 Å². The molecule has 0 unspecified atom stereocenters. The van der Waals surface area contributed by atoms with Crippen molar-refractivity contribution in [3.63, 3.8) is 0 Å². The molecule has 0 heterocycles. The van der Waals surface area contributed by atoms with Crippen molar-refractivity contribution in [1.29, 1.82) is 0 Å². The summed E-state index contributed by atoms with van der Waals surface area (Å²) in [6.07, 6.45) is 2.11. The summed E-state index contributed by atoms with van der Waals surface area (Å²) in [5.74, 6) is 0.108. The van der Waals surface area contributed by atoms with Crippen LogP contribution in [0, 0.1) is 5.82 Å². The average molecular weight is 209 g/mol. The molecule has 1 rings (SSSR count). The summed E-state index contributed by atoms with van der Waals surface area (Å²) in [5, 5.41) is 2.89. The number of aliphatic imine (C=N–C) groups is 1. The highest BCUT2D eigenvalue weighted by molar-refractivity contribution is 5.92. The quantitative estimate of drug-likeness (QED) is 0.454. The monoisotopic (exact) mass is 209 g/mol. The van der Waals surface area contributed by atoms with E-state index in [1.54, 1.807) is 12.1 Å². The number of benzene rings is 1. The van der Waals surface area contributed by atoms with Crippen LogP contribution in [0.2, 0.25) is 0 Å². The van der Waals surface area contributed by atoms with Gasteiger partial charge in [0, 0.05) is 12.2 Å². The van der Waals surface area contributed by atoms with E-state index in [0.717, 1.165) is 25.1 Å². The Morgan fingerprint density at radius 1 is 1.40 bits per heavy atom. The minimum Gasteiger partial charge on any atom is -0.370 e. The average Bonchev–Trinajstić information content (AvgIpc) is 2.22. The summed E-state index contributed by atoms with van der Waals surface area (Å²) in [5.41, 5.74) is 6.37. The Kier molecular flexibility index (Phi) is 4.60. The lowest BCUT2D eigenvalue weighted by molar-refractivity contribution is 0.628. The van der Waals surface area contributed by atoms with Crippen molar-refractivity contribution in [2.75, 3.05) is 11.9 Å². The van der Waals surface area contributed by atoms with Gasteiger partial charge in [0.15, 0.2) is 5.96 Å². The third kappa shape index (κ3) is 4.44. The van der Waals surface area contributed by atoms with Crippen LogP contribution in [0.5, 0.6) is 0 Å². The maximum Gasteiger partial charge on any atom is 0.193 e. The van der Waals surface area contributed by atoms with Gasteiger partial charge in [-0.25, -0.2) is 4.39 Å². The number of nitrogens with one attached hydrogen (secondary N) is 1. The minimum absolute atomic E-state index is 0.262. The fourth-order valence-corrected chi connectivity index (χ4v) is 1.08. The van der Waals surface area contributed by atoms with E-state index in [4.69, 9.17) is 5.73 Å². The second-order valence-corrected chi connectivity index (χ2v) is 3.25. The van der Waals surface area contributed by atoms with E-state index in [0.29, 0.717) is 5.96 Å². The van der Waals surface area contributed by atoms with Crippen LogP contribution in [0.15, 0.2) is 29.3 Å². The molecule has 0 aliphatic carbocycles. The summed E-state index contributed by atoms with van der Waals surface area (Å²) >= 11 is 0. The molecule has 1 aromatic rings. The number of hydrogen-bond acceptors (Lipinski definition) is 1. The molecule has 82 valence electrons. The molecule has 0 spiro atoms. The largest absolute Gasteiger partial charge is 0.370 e. The van der Waals surface area contributed by atoms with Crippen LogP contribution < -0.4 is 11.1 Å². The van der Waals surface area contributed by atoms with E-state index in [2.05, 4.69) is 17.2 Å². The fraction of sp³-hybridized carbons (Fsp3) is 0.364. The molecule has 0 amide bonds. The van der Waals surface area contributed by atoms with Gasteiger partial charge in [0.25, 0.3) is 0 Å². The zero-order chi connectivity index (χ0) is 11.1. The van der Waals surface area contributed by atoms with Gasteiger partial charge in [-0.1, -0.05) is 13.3 Å². The lowest BCUT2D eigenvalue weighted by Crippen LogP contribution is -2.22. The topological polar surface area (TPSA) is 50.4 Å². The molecule has 0 aromatic heterocycles. The molecule has 15 heavy (non-hydrogen) atoms. The second kappa shape index (κ2) is 6.01. The van der Waals surface area contributed by atoms with E-state index >= 15 is 0 Å². The molecule has 1 aromatic carbocycles. The van der Waals surface area contributed by atoms with Gasteiger partial charge in [-0.15, -0.1) is 0 Å². The minimum atomic E-state index is -0.262. The first-order chi connectivity index (χ1) is 7.22. The Bertz CT molecular complexity index is 319. The molecule has 0 atom stereocenters. The molecule has 3 N–H and O–H groups in total. The highest BCUT2D eigenvalue weighted by Gasteiger charge is 1.94. The van der Waals surface area contributed by atoms with Crippen molar-refractivity contribution in [2.45, 2.75) is 19.8 Å². The summed E-state index contributed by atoms with van der Waals surface area (Å²) in [4.78, 5) is 4.12. The van der Waals surface area contributed by atoms with Crippen molar-refractivity contribution in [3.05, 3.63) is 30.1 Å². The lowest BCUT2D eigenvalue weighted by atomic mass is 10.3. The van der Waals surface area contributed by atoms with Gasteiger partial charge in [-0.2, -0.15) is 0 Å². The first-order valence-corrected chi connectivity index (χ1v) is 5.05. The molecule has 0 saturated heterocycles. The molecule has 3 nitrogen and oxygen atoms in total. The van der Waals surface area contributed by atoms with Crippen LogP contribution in [-0.4, -0.2) is 12.5 Å². The van der Waals surface area contributed by atoms with Gasteiger partial charge in [0.1, 0.15) is 5.82 Å². The summed E-state index contributed by atoms with van der Waals surface area (Å²) in [6.45, 7) is 2.82. The van der Waals surface area contributed by atoms with Crippen LogP contribution in [0.4, 0.5) is 10.1 Å². The number of guanidine groups is 1. The highest BCUT2D eigenvalue weighted by atomic mass is 19.1. The maximum absolute atomic E-state index is 12.6. The Morgan fingerprint density at radius 3 is 2.67 bits per heavy atom. The lowest BCUT2D eigenvalue weighted by Gasteiger charge is -2.04. The molecule has 0 radical (unpaired) electrons. The van der Waals surface area contributed by atoms with Crippen LogP contribution in [0.1, 0.15) is 19.8 Å². The Labute approximate surface area is 89.2 Å². The van der Waals surface area contributed by atoms with Crippen LogP contribution in [-0.2, 0) is 0 Å². The van der Waals surface area contributed by atoms with Gasteiger partial charge in [0.05, 0.1) is 0 Å². The SMILES string of the molecule is CCCCN=C(N)Nc1ccc(F)cc1. The highest BCUT2D eigenvalue weighted by Crippen LogP contribution is 2.07. The van der Waals surface area contributed by atoms with Crippen molar-refractivity contribution >= 4 is 11.6 Å². The van der Waals surface area contributed by atoms with Crippen molar-refractivity contribution in [2.24, 2.45) is 10.7 Å². The summed E-state index contributed by atoms with van der Waals surface area (Å²) in [6, 6.07) is 6.00. The fourth-order valence-electron chi connectivity index (χ4n) is 1.08. The van der Waals surface area contributed by atoms with Crippen molar-refractivity contribution in [3.8, 4) is 0 Å². The third-order valence-electron chi connectivity index (χ3n) is 1.91. The van der Waals surface area contributed by atoms with E-state index in [1.165, 1.54) is 12.1 Å². The Hall–Kier alpha value is -1.58. The first-order valence-electron chi connectivity index (χ1n) is 5.05. The predicted molar refractivity (Wildman–Crippen MR) is 61.4 cm³/mol. The van der Waals surface area contributed by atoms with Crippen LogP contribution in [0.25, 0.3) is 0 Å². The summed E-state index contributed by atoms with van der Waals surface area (Å²) < 4.78 is 12.6. The number of unbranched alkanes of at least 4 members (excludes halogenated alkanes) is 1. The number of halogens is 1. The predicted octanol–water partition coefficient (Wildman–Crippen LogP) is 2.35. The first kappa shape index (κ1) is 11.5. The smallest absolute Gasteiger partial charge is 0.193 e. The van der Waals surface area contributed by atoms with Crippen molar-refractivity contribution < 1.29 is 4.39 Å². The number of nitrogens with zero attached hydrogens (tertiary/aromatic N) is 1. The molecule has 0 aliphatic rings. The molecule has 0 aliphatic heterocycles. The third-order valence-corrected chi connectivity index (χ3v) is 1.91. The van der Waals surface area contributed by atoms with Gasteiger partial charge in [-0.05, 0) is 30.7 Å². The van der Waals surface area contributed by atoms with Gasteiger partial charge in [0.2, 0.25) is 0 Å². The Morgan fingerprint density at radius 2 is 2.07 bits per heavy atom. The number of hydrogen-bond donors (Lipinski definition) is 2. The molecule has 0 fully saturated rings. The molecular formula is C11H16FN3. The Balaban J connectivity index is 2.47. The van der Waals surface area contributed by atoms with Gasteiger partial charge in [-0.3, -0.25) is 4.99 Å². The van der Waals surface area contributed by atoms with Gasteiger partial charge >= 0.3 is 0 Å². The second-order valence-electron chi connectivity index (χ2n) is 3.25. The van der Waals surface area contributed by atoms with Crippen LogP contribution >= 0.6 is 0 Å². The molecule has 0 bridgehead atoms. The zero-order valence-electron chi connectivity index (χ0n) is 8.83. The molecule has 4 heteroatoms. The van der Waals surface area contributed by atoms with Crippen LogP contribution in [0.3, 0.4) is 0 Å². The normalized spacial score (nSPS) is 11.5. The van der Waals surface area contributed by atoms with E-state index < -0.39 is 0 Å². The van der Waals surface area contributed by atoms with Crippen molar-refractivity contribution in [1.82, 2.24) is 0 Å². The standard InChI is InChI=1S/C11H16FN3/c1-2-3-8-14-11(13)15-10-6-4-9(12)5-7-10/h4-7H,2-3,8H2,1H3,(H3,13,14,15). The van der Waals surface area contributed by atoms with E-state index in [1.807, 2.05) is 0 Å². The maximum atomic E-state index is 12.6. The number of nitrogens with two attached hydrogens (primary N) is 1.